The molecule has 1 N–H and O–H groups in total. The number of carboxylic acids is 1. The highest BCUT2D eigenvalue weighted by Crippen LogP contribution is 2.43. The smallest absolute Gasteiger partial charge is 0.430 e. The predicted molar refractivity (Wildman–Crippen MR) is 149 cm³/mol. The second kappa shape index (κ2) is 13.1. The van der Waals surface area contributed by atoms with Crippen LogP contribution >= 0.6 is 0 Å². The van der Waals surface area contributed by atoms with Crippen molar-refractivity contribution < 1.29 is 42.2 Å². The summed E-state index contributed by atoms with van der Waals surface area (Å²) < 4.78 is 38.9. The van der Waals surface area contributed by atoms with Gasteiger partial charge in [0.15, 0.2) is 6.10 Å². The number of alkyl halides is 3. The van der Waals surface area contributed by atoms with Crippen molar-refractivity contribution in [1.82, 2.24) is 0 Å². The molecule has 3 fully saturated rings. The molecule has 0 aliphatic carbocycles. The minimum atomic E-state index is -5.19. The highest BCUT2D eigenvalue weighted by Gasteiger charge is 2.52. The molecule has 3 aliphatic rings. The van der Waals surface area contributed by atoms with E-state index in [2.05, 4.69) is 37.3 Å². The summed E-state index contributed by atoms with van der Waals surface area (Å²) in [7, 11) is 0. The molecule has 3 aromatic carbocycles. The van der Waals surface area contributed by atoms with Crippen molar-refractivity contribution >= 4 is 11.9 Å². The number of nitrogens with zero attached hydrogens (tertiary/aromatic N) is 1. The zero-order valence-electron chi connectivity index (χ0n) is 23.5. The largest absolute Gasteiger partial charge is 0.542 e. The zero-order chi connectivity index (χ0) is 30.4. The van der Waals surface area contributed by atoms with Gasteiger partial charge in [-0.3, -0.25) is 4.79 Å². The summed E-state index contributed by atoms with van der Waals surface area (Å²) >= 11 is 0. The Labute approximate surface area is 244 Å². The van der Waals surface area contributed by atoms with E-state index < -0.39 is 17.6 Å². The number of fused-ring (bicyclic) bond motifs is 3. The van der Waals surface area contributed by atoms with E-state index in [1.165, 1.54) is 5.56 Å². The van der Waals surface area contributed by atoms with Crippen LogP contribution in [0.15, 0.2) is 91.0 Å². The molecule has 224 valence electrons. The number of benzene rings is 3. The molecule has 0 aromatic heterocycles. The molecule has 3 atom stereocenters. The summed E-state index contributed by atoms with van der Waals surface area (Å²) in [6, 6.07) is 30.7. The summed E-state index contributed by atoms with van der Waals surface area (Å²) in [6.07, 6.45) is -2.76. The summed E-state index contributed by atoms with van der Waals surface area (Å²) in [5.41, 5.74) is 2.04. The minimum Gasteiger partial charge on any atom is -0.542 e. The van der Waals surface area contributed by atoms with Crippen molar-refractivity contribution in [2.75, 3.05) is 26.2 Å². The molecule has 0 saturated carbocycles. The van der Waals surface area contributed by atoms with Gasteiger partial charge in [0.25, 0.3) is 0 Å². The van der Waals surface area contributed by atoms with E-state index in [0.29, 0.717) is 18.4 Å². The van der Waals surface area contributed by atoms with E-state index in [0.717, 1.165) is 48.1 Å². The highest BCUT2D eigenvalue weighted by atomic mass is 19.4. The molecule has 2 bridgehead atoms. The van der Waals surface area contributed by atoms with Gasteiger partial charge < -0.3 is 24.2 Å². The van der Waals surface area contributed by atoms with Crippen LogP contribution < -0.4 is 5.11 Å². The number of hydrogen-bond donors (Lipinski definition) is 1. The van der Waals surface area contributed by atoms with Crippen molar-refractivity contribution in [2.24, 2.45) is 5.92 Å². The number of aliphatic carboxylic acids is 1. The van der Waals surface area contributed by atoms with Crippen LogP contribution in [0.25, 0.3) is 0 Å². The van der Waals surface area contributed by atoms with Crippen molar-refractivity contribution in [3.63, 3.8) is 0 Å². The van der Waals surface area contributed by atoms with Gasteiger partial charge in [0.2, 0.25) is 0 Å². The molecule has 3 heterocycles. The third-order valence-electron chi connectivity index (χ3n) is 8.89. The Morgan fingerprint density at radius 3 is 1.93 bits per heavy atom. The SMILES string of the molecule is CC(c1ccccc1)[N+]12CCC(CC1)[C@@H](OC(=O)C(CO)(Cc1ccccc1)c1ccccc1)C2.O=C([O-])C(F)(F)F. The fourth-order valence-electron chi connectivity index (χ4n) is 6.35. The lowest BCUT2D eigenvalue weighted by Gasteiger charge is -2.55. The monoisotopic (exact) mass is 583 g/mol. The number of quaternary nitrogens is 1. The predicted octanol–water partition coefficient (Wildman–Crippen LogP) is 4.37. The van der Waals surface area contributed by atoms with E-state index in [1.54, 1.807) is 0 Å². The van der Waals surface area contributed by atoms with Crippen LogP contribution in [0.2, 0.25) is 0 Å². The molecular formula is C33H36F3NO5. The lowest BCUT2D eigenvalue weighted by atomic mass is 9.75. The normalized spacial score (nSPS) is 23.5. The zero-order valence-corrected chi connectivity index (χ0v) is 23.5. The van der Waals surface area contributed by atoms with Crippen molar-refractivity contribution in [3.8, 4) is 0 Å². The molecule has 3 saturated heterocycles. The van der Waals surface area contributed by atoms with Gasteiger partial charge in [0.1, 0.15) is 24.0 Å². The van der Waals surface area contributed by atoms with Crippen LogP contribution in [0.3, 0.4) is 0 Å². The van der Waals surface area contributed by atoms with Gasteiger partial charge in [-0.2, -0.15) is 13.2 Å². The van der Waals surface area contributed by atoms with E-state index in [9.17, 15) is 23.1 Å². The Hall–Kier alpha value is -3.69. The first-order chi connectivity index (χ1) is 20.0. The van der Waals surface area contributed by atoms with Gasteiger partial charge in [-0.1, -0.05) is 91.0 Å². The van der Waals surface area contributed by atoms with E-state index in [1.807, 2.05) is 60.7 Å². The molecule has 9 heteroatoms. The Kier molecular flexibility index (Phi) is 9.74. The van der Waals surface area contributed by atoms with E-state index in [4.69, 9.17) is 14.6 Å². The second-order valence-corrected chi connectivity index (χ2v) is 11.3. The quantitative estimate of drug-likeness (QED) is 0.315. The number of aliphatic hydroxyl groups excluding tert-OH is 1. The summed E-state index contributed by atoms with van der Waals surface area (Å²) in [5.74, 6) is -2.92. The molecule has 0 radical (unpaired) electrons. The molecule has 6 rings (SSSR count). The highest BCUT2D eigenvalue weighted by molar-refractivity contribution is 5.84. The molecule has 0 amide bonds. The maximum absolute atomic E-state index is 14.0. The maximum Gasteiger partial charge on any atom is 0.430 e. The van der Waals surface area contributed by atoms with Crippen LogP contribution in [0.1, 0.15) is 42.5 Å². The number of ether oxygens (including phenoxy) is 1. The van der Waals surface area contributed by atoms with Crippen molar-refractivity contribution in [2.45, 2.75) is 49.9 Å². The number of carbonyl (C=O) groups excluding carboxylic acids is 2. The number of rotatable bonds is 8. The van der Waals surface area contributed by atoms with Crippen LogP contribution in [-0.4, -0.2) is 60.0 Å². The van der Waals surface area contributed by atoms with Gasteiger partial charge in [-0.15, -0.1) is 0 Å². The van der Waals surface area contributed by atoms with Crippen LogP contribution in [-0.2, 0) is 26.2 Å². The van der Waals surface area contributed by atoms with Gasteiger partial charge in [-0.05, 0) is 24.5 Å². The molecule has 0 spiro atoms. The molecule has 6 nitrogen and oxygen atoms in total. The number of carbonyl (C=O) groups is 2. The average Bonchev–Trinajstić information content (AvgIpc) is 3.01. The first kappa shape index (κ1) is 31.3. The summed E-state index contributed by atoms with van der Waals surface area (Å²) in [4.78, 5) is 22.8. The van der Waals surface area contributed by atoms with E-state index in [-0.39, 0.29) is 18.7 Å². The average molecular weight is 584 g/mol. The number of aliphatic hydroxyl groups is 1. The van der Waals surface area contributed by atoms with Gasteiger partial charge in [0.05, 0.1) is 19.7 Å². The first-order valence-electron chi connectivity index (χ1n) is 14.1. The number of hydrogen-bond acceptors (Lipinski definition) is 5. The summed E-state index contributed by atoms with van der Waals surface area (Å²) in [5, 5.41) is 19.5. The topological polar surface area (TPSA) is 86.7 Å². The molecule has 42 heavy (non-hydrogen) atoms. The van der Waals surface area contributed by atoms with Gasteiger partial charge >= 0.3 is 12.1 Å². The lowest BCUT2D eigenvalue weighted by Crippen LogP contribution is -2.65. The van der Waals surface area contributed by atoms with Gasteiger partial charge in [0, 0.05) is 24.3 Å². The van der Waals surface area contributed by atoms with Gasteiger partial charge in [-0.25, -0.2) is 0 Å². The van der Waals surface area contributed by atoms with Crippen molar-refractivity contribution in [1.29, 1.82) is 0 Å². The molecule has 2 unspecified atom stereocenters. The fraction of sp³-hybridized carbons (Fsp3) is 0.394. The third-order valence-corrected chi connectivity index (χ3v) is 8.89. The molecular weight excluding hydrogens is 547 g/mol. The molecule has 3 aliphatic heterocycles. The maximum atomic E-state index is 14.0. The van der Waals surface area contributed by atoms with Crippen LogP contribution in [0.5, 0.6) is 0 Å². The number of halogens is 3. The Balaban J connectivity index is 0.000000517. The van der Waals surface area contributed by atoms with Crippen LogP contribution in [0, 0.1) is 5.92 Å². The molecule has 3 aromatic rings. The second-order valence-electron chi connectivity index (χ2n) is 11.3. The number of carboxylic acid groups (broad SMARTS) is 1. The summed E-state index contributed by atoms with van der Waals surface area (Å²) in [6.45, 7) is 5.12. The lowest BCUT2D eigenvalue weighted by molar-refractivity contribution is -0.972. The van der Waals surface area contributed by atoms with Crippen molar-refractivity contribution in [3.05, 3.63) is 108 Å². The Morgan fingerprint density at radius 1 is 0.929 bits per heavy atom. The third kappa shape index (κ3) is 6.85. The van der Waals surface area contributed by atoms with E-state index >= 15 is 0 Å². The number of esters is 1. The first-order valence-corrected chi connectivity index (χ1v) is 14.1. The standard InChI is InChI=1S/C31H36NO3.C2HF3O2/c1-24(26-13-7-3-8-14-26)32-19-17-27(18-20-32)29(22-32)35-30(34)31(23-33,28-15-9-4-10-16-28)21-25-11-5-2-6-12-25;3-2(4,5)1(6)7/h2-16,24,27,29,33H,17-23H2,1H3;(H,6,7)/q+1;/p-1/t24?,27?,29-,31?,32?;/m0./s1. The van der Waals surface area contributed by atoms with Crippen LogP contribution in [0.4, 0.5) is 13.2 Å². The number of piperidine rings is 3. The Bertz CT molecular complexity index is 1310. The Morgan fingerprint density at radius 2 is 1.43 bits per heavy atom. The fourth-order valence-corrected chi connectivity index (χ4v) is 6.35. The minimum absolute atomic E-state index is 0.124.